The summed E-state index contributed by atoms with van der Waals surface area (Å²) in [6.07, 6.45) is 5.95. The minimum atomic E-state index is 0.468. The lowest BCUT2D eigenvalue weighted by Crippen LogP contribution is -2.03. The first kappa shape index (κ1) is 9.92. The molecule has 0 radical (unpaired) electrons. The maximum absolute atomic E-state index is 5.25. The molecule has 1 aromatic rings. The lowest BCUT2D eigenvalue weighted by atomic mass is 10.4. The van der Waals surface area contributed by atoms with Crippen molar-refractivity contribution in [1.29, 1.82) is 0 Å². The molecule has 1 aliphatic rings. The van der Waals surface area contributed by atoms with Gasteiger partial charge >= 0.3 is 0 Å². The second-order valence-electron chi connectivity index (χ2n) is 3.04. The molecule has 0 atom stereocenters. The molecule has 13 heavy (non-hydrogen) atoms. The van der Waals surface area contributed by atoms with Gasteiger partial charge in [-0.1, -0.05) is 0 Å². The van der Waals surface area contributed by atoms with Crippen LogP contribution in [0.3, 0.4) is 0 Å². The molecular weight excluding hydrogens is 164 g/mol. The summed E-state index contributed by atoms with van der Waals surface area (Å²) in [7, 11) is 0. The summed E-state index contributed by atoms with van der Waals surface area (Å²) >= 11 is 0. The zero-order chi connectivity index (χ0) is 9.52. The highest BCUT2D eigenvalue weighted by atomic mass is 14.9. The number of aryl methyl sites for hydroxylation is 1. The first-order chi connectivity index (χ1) is 6.29. The van der Waals surface area contributed by atoms with Gasteiger partial charge < -0.3 is 11.1 Å². The van der Waals surface area contributed by atoms with Gasteiger partial charge in [-0.2, -0.15) is 0 Å². The number of anilines is 1. The van der Waals surface area contributed by atoms with Gasteiger partial charge in [-0.15, -0.1) is 0 Å². The van der Waals surface area contributed by atoms with Crippen LogP contribution in [0.4, 0.5) is 5.82 Å². The Bertz CT molecular complexity index is 199. The minimum absolute atomic E-state index is 0.468. The van der Waals surface area contributed by atoms with E-state index in [-0.39, 0.29) is 0 Å². The molecule has 1 saturated heterocycles. The molecule has 2 heterocycles. The standard InChI is InChI=1S/C5H7N3.C4H9N/c1-4-2-8-5(6)3-7-4;1-2-4-5-3-1/h2-3H,1H3,(H2,6,8);5H,1-4H2. The van der Waals surface area contributed by atoms with Gasteiger partial charge in [0, 0.05) is 0 Å². The van der Waals surface area contributed by atoms with E-state index in [0.717, 1.165) is 5.69 Å². The number of hydrogen-bond acceptors (Lipinski definition) is 4. The molecular formula is C9H16N4. The summed E-state index contributed by atoms with van der Waals surface area (Å²) in [4.78, 5) is 7.69. The number of nitrogen functional groups attached to an aromatic ring is 1. The van der Waals surface area contributed by atoms with E-state index in [1.807, 2.05) is 6.92 Å². The molecule has 0 spiro atoms. The fraction of sp³-hybridized carbons (Fsp3) is 0.556. The van der Waals surface area contributed by atoms with E-state index in [0.29, 0.717) is 5.82 Å². The normalized spacial score (nSPS) is 14.8. The number of nitrogens with zero attached hydrogens (tertiary/aromatic N) is 2. The van der Waals surface area contributed by atoms with Crippen LogP contribution in [0.5, 0.6) is 0 Å². The van der Waals surface area contributed by atoms with E-state index in [1.54, 1.807) is 6.20 Å². The van der Waals surface area contributed by atoms with Crippen LogP contribution in [0.2, 0.25) is 0 Å². The van der Waals surface area contributed by atoms with Crippen LogP contribution in [-0.4, -0.2) is 23.1 Å². The van der Waals surface area contributed by atoms with E-state index in [2.05, 4.69) is 15.3 Å². The van der Waals surface area contributed by atoms with Crippen LogP contribution >= 0.6 is 0 Å². The molecule has 3 N–H and O–H groups in total. The highest BCUT2D eigenvalue weighted by Crippen LogP contribution is 1.91. The van der Waals surface area contributed by atoms with Gasteiger partial charge in [0.25, 0.3) is 0 Å². The Morgan fingerprint density at radius 2 is 1.92 bits per heavy atom. The van der Waals surface area contributed by atoms with Gasteiger partial charge in [-0.05, 0) is 32.9 Å². The molecule has 2 rings (SSSR count). The van der Waals surface area contributed by atoms with Crippen LogP contribution < -0.4 is 11.1 Å². The smallest absolute Gasteiger partial charge is 0.141 e. The van der Waals surface area contributed by atoms with Crippen LogP contribution in [0.1, 0.15) is 18.5 Å². The summed E-state index contributed by atoms with van der Waals surface area (Å²) in [6, 6.07) is 0. The van der Waals surface area contributed by atoms with Gasteiger partial charge in [-0.25, -0.2) is 4.98 Å². The van der Waals surface area contributed by atoms with Crippen molar-refractivity contribution in [3.63, 3.8) is 0 Å². The first-order valence-corrected chi connectivity index (χ1v) is 4.54. The second-order valence-corrected chi connectivity index (χ2v) is 3.04. The molecule has 4 heteroatoms. The molecule has 0 aromatic carbocycles. The number of aromatic nitrogens is 2. The zero-order valence-corrected chi connectivity index (χ0v) is 7.95. The predicted octanol–water partition coefficient (Wildman–Crippen LogP) is 0.737. The summed E-state index contributed by atoms with van der Waals surface area (Å²) in [5, 5.41) is 3.22. The third-order valence-corrected chi connectivity index (χ3v) is 1.76. The van der Waals surface area contributed by atoms with Crippen LogP contribution in [0.25, 0.3) is 0 Å². The Morgan fingerprint density at radius 1 is 1.23 bits per heavy atom. The van der Waals surface area contributed by atoms with Crippen molar-refractivity contribution in [2.24, 2.45) is 0 Å². The molecule has 0 unspecified atom stereocenters. The third-order valence-electron chi connectivity index (χ3n) is 1.76. The average molecular weight is 180 g/mol. The van der Waals surface area contributed by atoms with Crippen molar-refractivity contribution in [2.75, 3.05) is 18.8 Å². The summed E-state index contributed by atoms with van der Waals surface area (Å²) in [5.41, 5.74) is 6.14. The maximum atomic E-state index is 5.25. The number of rotatable bonds is 0. The Balaban J connectivity index is 0.000000145. The summed E-state index contributed by atoms with van der Waals surface area (Å²) in [6.45, 7) is 4.37. The van der Waals surface area contributed by atoms with Gasteiger partial charge in [-0.3, -0.25) is 4.98 Å². The van der Waals surface area contributed by atoms with E-state index >= 15 is 0 Å². The number of nitrogens with two attached hydrogens (primary N) is 1. The SMILES string of the molecule is C1CCNC1.Cc1cnc(N)cn1. The van der Waals surface area contributed by atoms with Gasteiger partial charge in [0.05, 0.1) is 18.1 Å². The predicted molar refractivity (Wildman–Crippen MR) is 53.3 cm³/mol. The van der Waals surface area contributed by atoms with Crippen molar-refractivity contribution in [2.45, 2.75) is 19.8 Å². The largest absolute Gasteiger partial charge is 0.382 e. The van der Waals surface area contributed by atoms with Crippen molar-refractivity contribution >= 4 is 5.82 Å². The van der Waals surface area contributed by atoms with Crippen LogP contribution in [0, 0.1) is 6.92 Å². The second kappa shape index (κ2) is 5.48. The van der Waals surface area contributed by atoms with E-state index < -0.39 is 0 Å². The Hall–Kier alpha value is -1.16. The Kier molecular flexibility index (Phi) is 4.18. The van der Waals surface area contributed by atoms with E-state index in [1.165, 1.54) is 32.1 Å². The summed E-state index contributed by atoms with van der Waals surface area (Å²) < 4.78 is 0. The lowest BCUT2D eigenvalue weighted by molar-refractivity contribution is 0.857. The third kappa shape index (κ3) is 4.42. The van der Waals surface area contributed by atoms with Gasteiger partial charge in [0.1, 0.15) is 5.82 Å². The first-order valence-electron chi connectivity index (χ1n) is 4.54. The molecule has 0 aliphatic carbocycles. The molecule has 0 amide bonds. The monoisotopic (exact) mass is 180 g/mol. The summed E-state index contributed by atoms with van der Waals surface area (Å²) in [5.74, 6) is 0.468. The molecule has 72 valence electrons. The fourth-order valence-corrected chi connectivity index (χ4v) is 1.03. The zero-order valence-electron chi connectivity index (χ0n) is 7.95. The number of hydrogen-bond donors (Lipinski definition) is 2. The molecule has 1 aromatic heterocycles. The highest BCUT2D eigenvalue weighted by Gasteiger charge is 1.93. The minimum Gasteiger partial charge on any atom is -0.382 e. The molecule has 0 saturated carbocycles. The topological polar surface area (TPSA) is 63.8 Å². The van der Waals surface area contributed by atoms with E-state index in [4.69, 9.17) is 5.73 Å². The molecule has 0 bridgehead atoms. The van der Waals surface area contributed by atoms with Crippen molar-refractivity contribution in [1.82, 2.24) is 15.3 Å². The fourth-order valence-electron chi connectivity index (χ4n) is 1.03. The van der Waals surface area contributed by atoms with Gasteiger partial charge in [0.15, 0.2) is 0 Å². The average Bonchev–Trinajstić information content (AvgIpc) is 2.68. The van der Waals surface area contributed by atoms with Crippen LogP contribution in [0.15, 0.2) is 12.4 Å². The highest BCUT2D eigenvalue weighted by molar-refractivity contribution is 5.22. The van der Waals surface area contributed by atoms with Gasteiger partial charge in [0.2, 0.25) is 0 Å². The van der Waals surface area contributed by atoms with Crippen molar-refractivity contribution in [3.8, 4) is 0 Å². The maximum Gasteiger partial charge on any atom is 0.141 e. The molecule has 1 aliphatic heterocycles. The lowest BCUT2D eigenvalue weighted by Gasteiger charge is -1.88. The van der Waals surface area contributed by atoms with Crippen molar-refractivity contribution < 1.29 is 0 Å². The Morgan fingerprint density at radius 3 is 2.23 bits per heavy atom. The quantitative estimate of drug-likeness (QED) is 0.618. The van der Waals surface area contributed by atoms with E-state index in [9.17, 15) is 0 Å². The Labute approximate surface area is 78.6 Å². The van der Waals surface area contributed by atoms with Crippen molar-refractivity contribution in [3.05, 3.63) is 18.1 Å². The molecule has 4 nitrogen and oxygen atoms in total. The van der Waals surface area contributed by atoms with Crippen LogP contribution in [-0.2, 0) is 0 Å². The molecule has 1 fully saturated rings. The number of nitrogens with one attached hydrogen (secondary N) is 1.